The summed E-state index contributed by atoms with van der Waals surface area (Å²) in [6.07, 6.45) is 0.974. The molecule has 1 aromatic carbocycles. The Kier molecular flexibility index (Phi) is 4.87. The number of aromatic nitrogens is 2. The van der Waals surface area contributed by atoms with E-state index in [1.165, 1.54) is 0 Å². The third-order valence-electron chi connectivity index (χ3n) is 3.01. The number of carbonyl (C=O) groups is 1. The summed E-state index contributed by atoms with van der Waals surface area (Å²) in [5, 5.41) is 5.98. The van der Waals surface area contributed by atoms with Crippen molar-refractivity contribution in [1.29, 1.82) is 0 Å². The average molecular weight is 284 g/mol. The molecule has 2 N–H and O–H groups in total. The lowest BCUT2D eigenvalue weighted by atomic mass is 10.2. The lowest BCUT2D eigenvalue weighted by molar-refractivity contribution is 0.102. The molecule has 0 aliphatic carbocycles. The van der Waals surface area contributed by atoms with Crippen molar-refractivity contribution in [2.24, 2.45) is 0 Å². The van der Waals surface area contributed by atoms with Crippen molar-refractivity contribution < 1.29 is 4.79 Å². The van der Waals surface area contributed by atoms with Crippen molar-refractivity contribution in [3.63, 3.8) is 0 Å². The number of nitrogens with zero attached hydrogens (tertiary/aromatic N) is 2. The van der Waals surface area contributed by atoms with E-state index in [1.54, 1.807) is 6.07 Å². The van der Waals surface area contributed by atoms with E-state index in [1.807, 2.05) is 38.1 Å². The number of anilines is 2. The molecule has 5 heteroatoms. The van der Waals surface area contributed by atoms with Crippen LogP contribution in [0, 0.1) is 13.8 Å². The fourth-order valence-electron chi connectivity index (χ4n) is 1.90. The number of rotatable bonds is 5. The Hall–Kier alpha value is -2.43. The molecule has 0 bridgehead atoms. The molecule has 1 heterocycles. The maximum Gasteiger partial charge on any atom is 0.274 e. The molecule has 110 valence electrons. The third-order valence-corrected chi connectivity index (χ3v) is 3.01. The minimum Gasteiger partial charge on any atom is -0.354 e. The summed E-state index contributed by atoms with van der Waals surface area (Å²) in [5.74, 6) is 0.265. The maximum absolute atomic E-state index is 12.3. The highest BCUT2D eigenvalue weighted by atomic mass is 16.1. The Morgan fingerprint density at radius 2 is 1.95 bits per heavy atom. The highest BCUT2D eigenvalue weighted by Crippen LogP contribution is 2.15. The zero-order valence-electron chi connectivity index (χ0n) is 12.6. The lowest BCUT2D eigenvalue weighted by Crippen LogP contribution is -2.16. The molecule has 0 aliphatic rings. The number of benzene rings is 1. The van der Waals surface area contributed by atoms with Crippen LogP contribution >= 0.6 is 0 Å². The standard InChI is InChI=1S/C16H20N4O/c1-4-9-17-16-18-12(3)10-14(20-16)15(21)19-13-8-6-5-7-11(13)2/h5-8,10H,4,9H2,1-3H3,(H,19,21)(H,17,18,20). The molecule has 2 rings (SSSR count). The highest BCUT2D eigenvalue weighted by Gasteiger charge is 2.11. The largest absolute Gasteiger partial charge is 0.354 e. The Balaban J connectivity index is 2.19. The van der Waals surface area contributed by atoms with Crippen LogP contribution < -0.4 is 10.6 Å². The minimum absolute atomic E-state index is 0.227. The number of hydrogen-bond acceptors (Lipinski definition) is 4. The van der Waals surface area contributed by atoms with Gasteiger partial charge in [-0.15, -0.1) is 0 Å². The van der Waals surface area contributed by atoms with Gasteiger partial charge in [-0.1, -0.05) is 25.1 Å². The normalized spacial score (nSPS) is 10.2. The predicted octanol–water partition coefficient (Wildman–Crippen LogP) is 3.17. The average Bonchev–Trinajstić information content (AvgIpc) is 2.47. The molecule has 5 nitrogen and oxygen atoms in total. The zero-order valence-corrected chi connectivity index (χ0v) is 12.6. The minimum atomic E-state index is -0.227. The second kappa shape index (κ2) is 6.83. The van der Waals surface area contributed by atoms with Crippen LogP contribution in [0.5, 0.6) is 0 Å². The highest BCUT2D eigenvalue weighted by molar-refractivity contribution is 6.03. The number of amides is 1. The topological polar surface area (TPSA) is 66.9 Å². The van der Waals surface area contributed by atoms with Gasteiger partial charge >= 0.3 is 0 Å². The first-order valence-corrected chi connectivity index (χ1v) is 7.06. The molecule has 0 fully saturated rings. The van der Waals surface area contributed by atoms with Crippen molar-refractivity contribution in [1.82, 2.24) is 9.97 Å². The molecule has 1 aromatic heterocycles. The summed E-state index contributed by atoms with van der Waals surface area (Å²) in [5.41, 5.74) is 2.94. The predicted molar refractivity (Wildman–Crippen MR) is 84.7 cm³/mol. The van der Waals surface area contributed by atoms with Crippen LogP contribution in [0.25, 0.3) is 0 Å². The smallest absolute Gasteiger partial charge is 0.274 e. The van der Waals surface area contributed by atoms with Crippen molar-refractivity contribution in [2.75, 3.05) is 17.2 Å². The van der Waals surface area contributed by atoms with Crippen LogP contribution in [0.2, 0.25) is 0 Å². The van der Waals surface area contributed by atoms with E-state index < -0.39 is 0 Å². The second-order valence-electron chi connectivity index (χ2n) is 4.91. The van der Waals surface area contributed by atoms with E-state index in [2.05, 4.69) is 27.5 Å². The van der Waals surface area contributed by atoms with E-state index in [4.69, 9.17) is 0 Å². The molecule has 0 saturated carbocycles. The van der Waals surface area contributed by atoms with Crippen molar-refractivity contribution in [3.05, 3.63) is 47.3 Å². The van der Waals surface area contributed by atoms with Crippen molar-refractivity contribution >= 4 is 17.5 Å². The number of para-hydroxylation sites is 1. The molecule has 0 atom stereocenters. The quantitative estimate of drug-likeness (QED) is 0.885. The lowest BCUT2D eigenvalue weighted by Gasteiger charge is -2.09. The molecule has 0 unspecified atom stereocenters. The molecule has 1 amide bonds. The summed E-state index contributed by atoms with van der Waals surface area (Å²) in [7, 11) is 0. The van der Waals surface area contributed by atoms with Gasteiger partial charge in [-0.3, -0.25) is 4.79 Å². The molecular formula is C16H20N4O. The van der Waals surface area contributed by atoms with Gasteiger partial charge < -0.3 is 10.6 Å². The second-order valence-corrected chi connectivity index (χ2v) is 4.91. The van der Waals surface area contributed by atoms with Crippen LogP contribution in [0.1, 0.15) is 35.1 Å². The zero-order chi connectivity index (χ0) is 15.2. The number of aryl methyl sites for hydroxylation is 2. The SMILES string of the molecule is CCCNc1nc(C)cc(C(=O)Nc2ccccc2C)n1. The van der Waals surface area contributed by atoms with Crippen LogP contribution in [0.3, 0.4) is 0 Å². The van der Waals surface area contributed by atoms with Gasteiger partial charge in [-0.05, 0) is 38.0 Å². The van der Waals surface area contributed by atoms with Gasteiger partial charge in [0.05, 0.1) is 0 Å². The van der Waals surface area contributed by atoms with Crippen molar-refractivity contribution in [2.45, 2.75) is 27.2 Å². The maximum atomic E-state index is 12.3. The fourth-order valence-corrected chi connectivity index (χ4v) is 1.90. The summed E-state index contributed by atoms with van der Waals surface area (Å²) in [6, 6.07) is 9.34. The van der Waals surface area contributed by atoms with E-state index in [0.717, 1.165) is 29.9 Å². The Labute approximate surface area is 124 Å². The van der Waals surface area contributed by atoms with E-state index in [0.29, 0.717) is 11.6 Å². The summed E-state index contributed by atoms with van der Waals surface area (Å²) < 4.78 is 0. The first kappa shape index (κ1) is 15.0. The molecule has 2 aromatic rings. The molecular weight excluding hydrogens is 264 g/mol. The Morgan fingerprint density at radius 1 is 1.19 bits per heavy atom. The summed E-state index contributed by atoms with van der Waals surface area (Å²) >= 11 is 0. The third kappa shape index (κ3) is 4.02. The van der Waals surface area contributed by atoms with E-state index in [9.17, 15) is 4.79 Å². The van der Waals surface area contributed by atoms with Crippen LogP contribution in [0.4, 0.5) is 11.6 Å². The number of nitrogens with one attached hydrogen (secondary N) is 2. The summed E-state index contributed by atoms with van der Waals surface area (Å²) in [6.45, 7) is 6.65. The van der Waals surface area contributed by atoms with Gasteiger partial charge in [0.1, 0.15) is 5.69 Å². The summed E-state index contributed by atoms with van der Waals surface area (Å²) in [4.78, 5) is 20.9. The van der Waals surface area contributed by atoms with E-state index >= 15 is 0 Å². The molecule has 0 saturated heterocycles. The van der Waals surface area contributed by atoms with E-state index in [-0.39, 0.29) is 5.91 Å². The van der Waals surface area contributed by atoms with Gasteiger partial charge in [-0.2, -0.15) is 0 Å². The number of hydrogen-bond donors (Lipinski definition) is 2. The van der Waals surface area contributed by atoms with Gasteiger partial charge in [0.2, 0.25) is 5.95 Å². The first-order valence-electron chi connectivity index (χ1n) is 7.06. The van der Waals surface area contributed by atoms with Gasteiger partial charge in [0.25, 0.3) is 5.91 Å². The van der Waals surface area contributed by atoms with Gasteiger partial charge in [0.15, 0.2) is 0 Å². The monoisotopic (exact) mass is 284 g/mol. The number of carbonyl (C=O) groups excluding carboxylic acids is 1. The fraction of sp³-hybridized carbons (Fsp3) is 0.312. The molecule has 0 spiro atoms. The molecule has 0 aliphatic heterocycles. The van der Waals surface area contributed by atoms with Crippen LogP contribution in [0.15, 0.2) is 30.3 Å². The Morgan fingerprint density at radius 3 is 2.67 bits per heavy atom. The van der Waals surface area contributed by atoms with Gasteiger partial charge in [0, 0.05) is 17.9 Å². The van der Waals surface area contributed by atoms with Crippen LogP contribution in [-0.2, 0) is 0 Å². The van der Waals surface area contributed by atoms with Crippen LogP contribution in [-0.4, -0.2) is 22.4 Å². The molecule has 0 radical (unpaired) electrons. The van der Waals surface area contributed by atoms with Gasteiger partial charge in [-0.25, -0.2) is 9.97 Å². The Bertz CT molecular complexity index is 640. The van der Waals surface area contributed by atoms with Crippen molar-refractivity contribution in [3.8, 4) is 0 Å². The first-order chi connectivity index (χ1) is 10.1. The molecule has 21 heavy (non-hydrogen) atoms.